The predicted octanol–water partition coefficient (Wildman–Crippen LogP) is 5.51. The van der Waals surface area contributed by atoms with Gasteiger partial charge in [-0.25, -0.2) is 4.39 Å². The van der Waals surface area contributed by atoms with Gasteiger partial charge in [-0.1, -0.05) is 85.4 Å². The van der Waals surface area contributed by atoms with Crippen molar-refractivity contribution in [3.8, 4) is 16.9 Å². The molecule has 0 bridgehead atoms. The number of phenols is 1. The minimum atomic E-state index is -1.47. The van der Waals surface area contributed by atoms with Crippen LogP contribution in [0.3, 0.4) is 0 Å². The largest absolute Gasteiger partial charge is 0.508 e. The van der Waals surface area contributed by atoms with E-state index < -0.39 is 43.2 Å². The van der Waals surface area contributed by atoms with Crippen LogP contribution in [-0.2, 0) is 4.74 Å². The molecule has 252 valence electrons. The summed E-state index contributed by atoms with van der Waals surface area (Å²) >= 11 is 5.90. The summed E-state index contributed by atoms with van der Waals surface area (Å²) in [6, 6.07) is 28.3. The maximum atomic E-state index is 13.4. The third-order valence-corrected chi connectivity index (χ3v) is 9.95. The molecule has 6 rings (SSSR count). The zero-order chi connectivity index (χ0) is 33.9. The van der Waals surface area contributed by atoms with Crippen molar-refractivity contribution in [2.75, 3.05) is 11.5 Å². The summed E-state index contributed by atoms with van der Waals surface area (Å²) in [6.07, 6.45) is -4.27. The molecule has 0 aliphatic carbocycles. The SMILES string of the molecule is OCC1OC(c2ccc(-c3ccc(C4C(CCCC(O)c5ccc(F)cc5)CC(=S)N4c4ccccc4)c(O)c3)cc2)C(O)C(O)C1O. The number of halogens is 1. The monoisotopic (exact) mass is 673 g/mol. The Morgan fingerprint density at radius 2 is 1.54 bits per heavy atom. The highest BCUT2D eigenvalue weighted by Gasteiger charge is 2.44. The van der Waals surface area contributed by atoms with E-state index in [1.165, 1.54) is 12.1 Å². The number of hydrogen-bond donors (Lipinski definition) is 6. The lowest BCUT2D eigenvalue weighted by Crippen LogP contribution is -2.55. The number of nitrogens with zero attached hydrogens (tertiary/aromatic N) is 1. The fraction of sp³-hybridized carbons (Fsp3) is 0.342. The molecule has 4 aromatic rings. The van der Waals surface area contributed by atoms with Crippen molar-refractivity contribution in [2.45, 2.75) is 68.3 Å². The van der Waals surface area contributed by atoms with Crippen molar-refractivity contribution in [2.24, 2.45) is 5.92 Å². The van der Waals surface area contributed by atoms with Gasteiger partial charge in [-0.15, -0.1) is 0 Å². The number of para-hydroxylation sites is 1. The zero-order valence-corrected chi connectivity index (χ0v) is 27.0. The number of thiocarbonyl (C=S) groups is 1. The first-order valence-electron chi connectivity index (χ1n) is 16.2. The van der Waals surface area contributed by atoms with Crippen molar-refractivity contribution in [3.05, 3.63) is 120 Å². The smallest absolute Gasteiger partial charge is 0.123 e. The molecule has 2 aliphatic rings. The van der Waals surface area contributed by atoms with Crippen molar-refractivity contribution in [3.63, 3.8) is 0 Å². The van der Waals surface area contributed by atoms with E-state index in [1.54, 1.807) is 30.3 Å². The van der Waals surface area contributed by atoms with Crippen LogP contribution in [-0.4, -0.2) is 66.7 Å². The van der Waals surface area contributed by atoms with E-state index in [0.29, 0.717) is 30.4 Å². The van der Waals surface area contributed by atoms with Crippen molar-refractivity contribution in [1.29, 1.82) is 0 Å². The minimum absolute atomic E-state index is 0.0766. The van der Waals surface area contributed by atoms with Crippen molar-refractivity contribution >= 4 is 22.9 Å². The average Bonchev–Trinajstić information content (AvgIpc) is 3.43. The van der Waals surface area contributed by atoms with Crippen molar-refractivity contribution in [1.82, 2.24) is 0 Å². The van der Waals surface area contributed by atoms with Crippen LogP contribution >= 0.6 is 12.2 Å². The van der Waals surface area contributed by atoms with Gasteiger partial charge < -0.3 is 40.3 Å². The summed E-state index contributed by atoms with van der Waals surface area (Å²) in [5, 5.41) is 62.6. The number of benzene rings is 4. The third kappa shape index (κ3) is 7.02. The predicted molar refractivity (Wildman–Crippen MR) is 184 cm³/mol. The molecule has 2 aliphatic heterocycles. The Kier molecular flexibility index (Phi) is 10.5. The third-order valence-electron chi connectivity index (χ3n) is 9.59. The summed E-state index contributed by atoms with van der Waals surface area (Å²) in [5.41, 5.74) is 4.50. The number of anilines is 1. The summed E-state index contributed by atoms with van der Waals surface area (Å²) in [4.78, 5) is 2.89. The van der Waals surface area contributed by atoms with Crippen LogP contribution < -0.4 is 4.90 Å². The molecule has 2 saturated heterocycles. The molecule has 48 heavy (non-hydrogen) atoms. The average molecular weight is 674 g/mol. The van der Waals surface area contributed by atoms with Crippen LogP contribution in [0, 0.1) is 11.7 Å². The van der Waals surface area contributed by atoms with E-state index in [9.17, 15) is 35.0 Å². The normalized spacial score (nSPS) is 26.5. The molecular formula is C38H40FNO7S. The summed E-state index contributed by atoms with van der Waals surface area (Å²) in [6.45, 7) is -0.503. The molecule has 8 nitrogen and oxygen atoms in total. The van der Waals surface area contributed by atoms with Gasteiger partial charge in [-0.05, 0) is 71.3 Å². The standard InChI is InChI=1S/C38H40FNO7S/c39-27-16-13-23(14-17-27)30(42)8-4-5-26-20-33(48)40(28-6-2-1-3-7-28)34(26)29-18-15-25(19-31(29)43)22-9-11-24(12-10-22)38-37(46)36(45)35(44)32(21-41)47-38/h1-3,6-7,9-19,26,30,32,34-38,41-46H,4-5,8,20-21H2. The molecule has 0 saturated carbocycles. The second-order valence-electron chi connectivity index (χ2n) is 12.7. The van der Waals surface area contributed by atoms with Gasteiger partial charge in [0.2, 0.25) is 0 Å². The Hall–Kier alpha value is -3.74. The topological polar surface area (TPSA) is 134 Å². The van der Waals surface area contributed by atoms with Gasteiger partial charge in [-0.2, -0.15) is 0 Å². The van der Waals surface area contributed by atoms with Gasteiger partial charge in [0.05, 0.1) is 23.7 Å². The number of aromatic hydroxyl groups is 1. The Bertz CT molecular complexity index is 1690. The van der Waals surface area contributed by atoms with Crippen LogP contribution in [0.15, 0.2) is 97.1 Å². The van der Waals surface area contributed by atoms with Gasteiger partial charge in [0.25, 0.3) is 0 Å². The van der Waals surface area contributed by atoms with E-state index in [4.69, 9.17) is 17.0 Å². The first kappa shape index (κ1) is 34.1. The molecule has 0 radical (unpaired) electrons. The Morgan fingerprint density at radius 3 is 2.21 bits per heavy atom. The highest BCUT2D eigenvalue weighted by Crippen LogP contribution is 2.47. The molecular weight excluding hydrogens is 633 g/mol. The molecule has 0 amide bonds. The van der Waals surface area contributed by atoms with Gasteiger partial charge in [0, 0.05) is 17.7 Å². The molecule has 8 atom stereocenters. The van der Waals surface area contributed by atoms with Crippen LogP contribution in [0.5, 0.6) is 5.75 Å². The van der Waals surface area contributed by atoms with Gasteiger partial charge in [0.1, 0.15) is 42.1 Å². The molecule has 10 heteroatoms. The first-order valence-corrected chi connectivity index (χ1v) is 16.6. The van der Waals surface area contributed by atoms with Gasteiger partial charge in [0.15, 0.2) is 0 Å². The van der Waals surface area contributed by atoms with Crippen molar-refractivity contribution < 1.29 is 39.8 Å². The number of rotatable bonds is 10. The number of phenolic OH excluding ortho intramolecular Hbond substituents is 1. The van der Waals surface area contributed by atoms with E-state index in [2.05, 4.69) is 4.90 Å². The van der Waals surface area contributed by atoms with E-state index in [-0.39, 0.29) is 23.5 Å². The quantitative estimate of drug-likeness (QED) is 0.121. The fourth-order valence-corrected chi connectivity index (χ4v) is 7.42. The van der Waals surface area contributed by atoms with Gasteiger partial charge in [-0.3, -0.25) is 0 Å². The number of aliphatic hydroxyl groups is 5. The lowest BCUT2D eigenvalue weighted by molar-refractivity contribution is -0.231. The molecule has 0 aromatic heterocycles. The van der Waals surface area contributed by atoms with Crippen LogP contribution in [0.25, 0.3) is 11.1 Å². The van der Waals surface area contributed by atoms with E-state index in [0.717, 1.165) is 33.8 Å². The minimum Gasteiger partial charge on any atom is -0.508 e. The molecule has 2 fully saturated rings. The lowest BCUT2D eigenvalue weighted by atomic mass is 9.87. The highest BCUT2D eigenvalue weighted by atomic mass is 32.1. The van der Waals surface area contributed by atoms with E-state index in [1.807, 2.05) is 54.6 Å². The van der Waals surface area contributed by atoms with Crippen LogP contribution in [0.4, 0.5) is 10.1 Å². The van der Waals surface area contributed by atoms with E-state index >= 15 is 0 Å². The summed E-state index contributed by atoms with van der Waals surface area (Å²) in [7, 11) is 0. The second kappa shape index (κ2) is 14.8. The zero-order valence-electron chi connectivity index (χ0n) is 26.2. The van der Waals surface area contributed by atoms with Gasteiger partial charge >= 0.3 is 0 Å². The molecule has 6 N–H and O–H groups in total. The summed E-state index contributed by atoms with van der Waals surface area (Å²) in [5.74, 6) is -0.143. The highest BCUT2D eigenvalue weighted by molar-refractivity contribution is 7.80. The molecule has 8 unspecified atom stereocenters. The van der Waals surface area contributed by atoms with Crippen LogP contribution in [0.2, 0.25) is 0 Å². The number of ether oxygens (including phenoxy) is 1. The Balaban J connectivity index is 1.22. The lowest BCUT2D eigenvalue weighted by Gasteiger charge is -2.40. The first-order chi connectivity index (χ1) is 23.2. The number of hydrogen-bond acceptors (Lipinski definition) is 8. The molecule has 0 spiro atoms. The Labute approximate surface area is 284 Å². The number of aliphatic hydroxyl groups excluding tert-OH is 5. The Morgan fingerprint density at radius 1 is 0.854 bits per heavy atom. The second-order valence-corrected chi connectivity index (χ2v) is 13.1. The molecule has 4 aromatic carbocycles. The maximum Gasteiger partial charge on any atom is 0.123 e. The summed E-state index contributed by atoms with van der Waals surface area (Å²) < 4.78 is 19.1. The molecule has 2 heterocycles. The fourth-order valence-electron chi connectivity index (χ4n) is 6.99. The van der Waals surface area contributed by atoms with Crippen LogP contribution in [0.1, 0.15) is 60.6 Å². The maximum absolute atomic E-state index is 13.4.